The van der Waals surface area contributed by atoms with Crippen molar-refractivity contribution in [2.45, 2.75) is 40.0 Å². The van der Waals surface area contributed by atoms with Gasteiger partial charge in [-0.05, 0) is 24.0 Å². The molecule has 1 aromatic carbocycles. The van der Waals surface area contributed by atoms with Gasteiger partial charge in [0.15, 0.2) is 0 Å². The SMILES string of the molecule is CC(=O)Nc1cc(C)cc(C(C)(C)C)c1O. The normalized spacial score (nSPS) is 11.3. The van der Waals surface area contributed by atoms with E-state index in [-0.39, 0.29) is 17.1 Å². The quantitative estimate of drug-likeness (QED) is 0.716. The van der Waals surface area contributed by atoms with Crippen molar-refractivity contribution >= 4 is 11.6 Å². The molecule has 0 aliphatic rings. The molecule has 0 spiro atoms. The van der Waals surface area contributed by atoms with Crippen LogP contribution in [0, 0.1) is 6.92 Å². The summed E-state index contributed by atoms with van der Waals surface area (Å²) in [6.45, 7) is 9.45. The number of carbonyl (C=O) groups excluding carboxylic acids is 1. The van der Waals surface area contributed by atoms with Gasteiger partial charge in [0.05, 0.1) is 5.69 Å². The predicted molar refractivity (Wildman–Crippen MR) is 65.8 cm³/mol. The minimum Gasteiger partial charge on any atom is -0.505 e. The summed E-state index contributed by atoms with van der Waals surface area (Å²) >= 11 is 0. The maximum atomic E-state index is 11.0. The molecule has 88 valence electrons. The second kappa shape index (κ2) is 4.16. The molecule has 1 rings (SSSR count). The van der Waals surface area contributed by atoms with Gasteiger partial charge >= 0.3 is 0 Å². The van der Waals surface area contributed by atoms with Crippen LogP contribution in [0.1, 0.15) is 38.8 Å². The molecule has 0 saturated carbocycles. The molecule has 2 N–H and O–H groups in total. The van der Waals surface area contributed by atoms with Gasteiger partial charge in [0, 0.05) is 12.5 Å². The highest BCUT2D eigenvalue weighted by atomic mass is 16.3. The molecule has 0 fully saturated rings. The number of anilines is 1. The van der Waals surface area contributed by atoms with Crippen LogP contribution in [0.4, 0.5) is 5.69 Å². The average Bonchev–Trinajstić information content (AvgIpc) is 2.07. The Morgan fingerprint density at radius 1 is 1.31 bits per heavy atom. The number of nitrogens with one attached hydrogen (secondary N) is 1. The Morgan fingerprint density at radius 3 is 2.31 bits per heavy atom. The second-order valence-corrected chi connectivity index (χ2v) is 5.14. The Morgan fingerprint density at radius 2 is 1.88 bits per heavy atom. The number of rotatable bonds is 1. The monoisotopic (exact) mass is 221 g/mol. The van der Waals surface area contributed by atoms with Crippen molar-refractivity contribution in [2.75, 3.05) is 5.32 Å². The second-order valence-electron chi connectivity index (χ2n) is 5.14. The summed E-state index contributed by atoms with van der Waals surface area (Å²) in [5.74, 6) is -0.0194. The maximum absolute atomic E-state index is 11.0. The molecule has 0 radical (unpaired) electrons. The molecule has 1 aromatic rings. The Labute approximate surface area is 96.5 Å². The third-order valence-corrected chi connectivity index (χ3v) is 2.37. The number of amides is 1. The van der Waals surface area contributed by atoms with Crippen LogP contribution in [0.5, 0.6) is 5.75 Å². The molecule has 3 heteroatoms. The van der Waals surface area contributed by atoms with Crippen molar-refractivity contribution in [3.8, 4) is 5.75 Å². The summed E-state index contributed by atoms with van der Waals surface area (Å²) in [5.41, 5.74) is 2.20. The number of aryl methyl sites for hydroxylation is 1. The molecule has 0 aromatic heterocycles. The van der Waals surface area contributed by atoms with Gasteiger partial charge in [-0.3, -0.25) is 4.79 Å². The zero-order valence-electron chi connectivity index (χ0n) is 10.5. The van der Waals surface area contributed by atoms with Gasteiger partial charge < -0.3 is 10.4 Å². The molecule has 3 nitrogen and oxygen atoms in total. The van der Waals surface area contributed by atoms with E-state index in [1.165, 1.54) is 6.92 Å². The molecule has 0 atom stereocenters. The molecule has 16 heavy (non-hydrogen) atoms. The van der Waals surface area contributed by atoms with E-state index >= 15 is 0 Å². The van der Waals surface area contributed by atoms with Gasteiger partial charge in [-0.2, -0.15) is 0 Å². The van der Waals surface area contributed by atoms with Gasteiger partial charge in [0.25, 0.3) is 0 Å². The number of phenolic OH excluding ortho intramolecular Hbond substituents is 1. The van der Waals surface area contributed by atoms with Gasteiger partial charge in [-0.15, -0.1) is 0 Å². The van der Waals surface area contributed by atoms with Crippen LogP contribution in [0.15, 0.2) is 12.1 Å². The summed E-state index contributed by atoms with van der Waals surface area (Å²) in [7, 11) is 0. The number of hydrogen-bond donors (Lipinski definition) is 2. The minimum absolute atomic E-state index is 0.149. The Kier molecular flexibility index (Phi) is 3.27. The lowest BCUT2D eigenvalue weighted by atomic mass is 9.85. The van der Waals surface area contributed by atoms with Crippen LogP contribution < -0.4 is 5.32 Å². The van der Waals surface area contributed by atoms with E-state index in [9.17, 15) is 9.90 Å². The van der Waals surface area contributed by atoms with E-state index in [0.29, 0.717) is 5.69 Å². The number of benzene rings is 1. The van der Waals surface area contributed by atoms with Crippen LogP contribution in [-0.2, 0) is 10.2 Å². The van der Waals surface area contributed by atoms with Crippen molar-refractivity contribution in [3.63, 3.8) is 0 Å². The first-order valence-electron chi connectivity index (χ1n) is 5.33. The lowest BCUT2D eigenvalue weighted by Crippen LogP contribution is -2.14. The average molecular weight is 221 g/mol. The molecule has 0 aliphatic carbocycles. The van der Waals surface area contributed by atoms with Crippen molar-refractivity contribution in [1.82, 2.24) is 0 Å². The molecule has 0 unspecified atom stereocenters. The number of hydrogen-bond acceptors (Lipinski definition) is 2. The topological polar surface area (TPSA) is 49.3 Å². The molecular weight excluding hydrogens is 202 g/mol. The van der Waals surface area contributed by atoms with Crippen LogP contribution >= 0.6 is 0 Å². The van der Waals surface area contributed by atoms with Gasteiger partial charge in [0.2, 0.25) is 5.91 Å². The number of aromatic hydroxyl groups is 1. The molecule has 0 aliphatic heterocycles. The first-order chi connectivity index (χ1) is 7.21. The van der Waals surface area contributed by atoms with Crippen molar-refractivity contribution < 1.29 is 9.90 Å². The van der Waals surface area contributed by atoms with Crippen LogP contribution in [0.3, 0.4) is 0 Å². The van der Waals surface area contributed by atoms with Gasteiger partial charge in [-0.1, -0.05) is 26.8 Å². The van der Waals surface area contributed by atoms with Gasteiger partial charge in [0.1, 0.15) is 5.75 Å². The van der Waals surface area contributed by atoms with Crippen LogP contribution in [0.25, 0.3) is 0 Å². The Balaban J connectivity index is 3.32. The third kappa shape index (κ3) is 2.75. The van der Waals surface area contributed by atoms with E-state index in [1.54, 1.807) is 6.07 Å². The van der Waals surface area contributed by atoms with Crippen LogP contribution in [0.2, 0.25) is 0 Å². The van der Waals surface area contributed by atoms with E-state index in [4.69, 9.17) is 0 Å². The maximum Gasteiger partial charge on any atom is 0.221 e. The third-order valence-electron chi connectivity index (χ3n) is 2.37. The highest BCUT2D eigenvalue weighted by Gasteiger charge is 2.20. The number of carbonyl (C=O) groups is 1. The first kappa shape index (κ1) is 12.6. The summed E-state index contributed by atoms with van der Waals surface area (Å²) in [4.78, 5) is 11.0. The van der Waals surface area contributed by atoms with E-state index in [1.807, 2.05) is 33.8 Å². The molecule has 0 bridgehead atoms. The fraction of sp³-hybridized carbons (Fsp3) is 0.462. The Hall–Kier alpha value is -1.51. The highest BCUT2D eigenvalue weighted by Crippen LogP contribution is 2.37. The molecule has 1 amide bonds. The fourth-order valence-electron chi connectivity index (χ4n) is 1.64. The van der Waals surface area contributed by atoms with Crippen molar-refractivity contribution in [3.05, 3.63) is 23.3 Å². The van der Waals surface area contributed by atoms with Crippen molar-refractivity contribution in [2.24, 2.45) is 0 Å². The lowest BCUT2D eigenvalue weighted by Gasteiger charge is -2.22. The zero-order chi connectivity index (χ0) is 12.5. The number of phenols is 1. The summed E-state index contributed by atoms with van der Waals surface area (Å²) < 4.78 is 0. The fourth-order valence-corrected chi connectivity index (χ4v) is 1.64. The van der Waals surface area contributed by atoms with E-state index in [2.05, 4.69) is 5.32 Å². The molecule has 0 heterocycles. The van der Waals surface area contributed by atoms with E-state index in [0.717, 1.165) is 11.1 Å². The largest absolute Gasteiger partial charge is 0.505 e. The van der Waals surface area contributed by atoms with E-state index < -0.39 is 0 Å². The smallest absolute Gasteiger partial charge is 0.221 e. The zero-order valence-corrected chi connectivity index (χ0v) is 10.5. The summed E-state index contributed by atoms with van der Waals surface area (Å²) in [6, 6.07) is 3.71. The summed E-state index contributed by atoms with van der Waals surface area (Å²) in [6.07, 6.45) is 0. The molecule has 0 saturated heterocycles. The highest BCUT2D eigenvalue weighted by molar-refractivity contribution is 5.90. The van der Waals surface area contributed by atoms with Crippen LogP contribution in [-0.4, -0.2) is 11.0 Å². The predicted octanol–water partition coefficient (Wildman–Crippen LogP) is 2.96. The first-order valence-corrected chi connectivity index (χ1v) is 5.33. The minimum atomic E-state index is -0.180. The standard InChI is InChI=1S/C13H19NO2/c1-8-6-10(13(3,4)5)12(16)11(7-8)14-9(2)15/h6-7,16H,1-5H3,(H,14,15). The lowest BCUT2D eigenvalue weighted by molar-refractivity contribution is -0.114. The van der Waals surface area contributed by atoms with Crippen molar-refractivity contribution in [1.29, 1.82) is 0 Å². The molecular formula is C13H19NO2. The Bertz CT molecular complexity index is 417. The summed E-state index contributed by atoms with van der Waals surface area (Å²) in [5, 5.41) is 12.7. The van der Waals surface area contributed by atoms with Gasteiger partial charge in [-0.25, -0.2) is 0 Å².